The van der Waals surface area contributed by atoms with E-state index in [1.165, 1.54) is 10.1 Å². The molecule has 0 aromatic carbocycles. The minimum absolute atomic E-state index is 0.770. The van der Waals surface area contributed by atoms with Crippen LogP contribution in [0.4, 0.5) is 0 Å². The number of hydrogen-bond donors (Lipinski definition) is 2. The Balaban J connectivity index is 1.78. The highest BCUT2D eigenvalue weighted by molar-refractivity contribution is 4.78. The summed E-state index contributed by atoms with van der Waals surface area (Å²) in [5.41, 5.74) is 0. The van der Waals surface area contributed by atoms with E-state index < -0.39 is 0 Å². The molecule has 2 aliphatic rings. The third-order valence-corrected chi connectivity index (χ3v) is 3.70. The Morgan fingerprint density at radius 2 is 0.929 bits per heavy atom. The van der Waals surface area contributed by atoms with Crippen LogP contribution >= 0.6 is 0 Å². The van der Waals surface area contributed by atoms with Crippen molar-refractivity contribution in [2.75, 3.05) is 26.2 Å². The van der Waals surface area contributed by atoms with Gasteiger partial charge in [-0.05, 0) is 37.5 Å². The van der Waals surface area contributed by atoms with Crippen LogP contribution in [0.3, 0.4) is 0 Å². The fourth-order valence-corrected chi connectivity index (χ4v) is 2.71. The Labute approximate surface area is 85.0 Å². The third kappa shape index (κ3) is 2.45. The monoisotopic (exact) mass is 200 g/mol. The van der Waals surface area contributed by atoms with Gasteiger partial charge in [0.15, 0.2) is 0 Å². The van der Waals surface area contributed by atoms with Crippen molar-refractivity contribution in [3.8, 4) is 0 Å². The van der Waals surface area contributed by atoms with Gasteiger partial charge in [-0.3, -0.25) is 0 Å². The largest absolute Gasteiger partial charge is 0.314 e. The van der Waals surface area contributed by atoms with Crippen molar-refractivity contribution >= 4 is 0 Å². The predicted octanol–water partition coefficient (Wildman–Crippen LogP) is 1.19. The number of hydrogen-bond acceptors (Lipinski definition) is 4. The van der Waals surface area contributed by atoms with Gasteiger partial charge in [0.1, 0.15) is 0 Å². The average molecular weight is 200 g/mol. The summed E-state index contributed by atoms with van der Waals surface area (Å²) in [6.45, 7) is 3.29. The van der Waals surface area contributed by atoms with Crippen LogP contribution in [0.5, 0.6) is 0 Å². The number of hydroxylamine groups is 4. The summed E-state index contributed by atoms with van der Waals surface area (Å²) in [4.78, 5) is 0. The van der Waals surface area contributed by atoms with E-state index >= 15 is 0 Å². The maximum atomic E-state index is 9.25. The van der Waals surface area contributed by atoms with Gasteiger partial charge in [-0.15, -0.1) is 0 Å². The first-order valence-electron chi connectivity index (χ1n) is 5.63. The molecule has 2 N–H and O–H groups in total. The maximum Gasteiger partial charge on any atom is 0.0240 e. The zero-order chi connectivity index (χ0) is 9.97. The third-order valence-electron chi connectivity index (χ3n) is 3.70. The molecule has 0 aromatic heterocycles. The van der Waals surface area contributed by atoms with Crippen LogP contribution in [0.15, 0.2) is 0 Å². The molecule has 0 aliphatic carbocycles. The molecule has 82 valence electrons. The second-order valence-electron chi connectivity index (χ2n) is 4.58. The molecule has 2 aliphatic heterocycles. The van der Waals surface area contributed by atoms with Crippen molar-refractivity contribution in [1.29, 1.82) is 0 Å². The Hall–Kier alpha value is -0.160. The van der Waals surface area contributed by atoms with E-state index in [2.05, 4.69) is 0 Å². The minimum Gasteiger partial charge on any atom is -0.314 e. The lowest BCUT2D eigenvalue weighted by Gasteiger charge is -2.37. The number of nitrogens with zero attached hydrogens (tertiary/aromatic N) is 2. The first kappa shape index (κ1) is 10.4. The highest BCUT2D eigenvalue weighted by Gasteiger charge is 2.28. The summed E-state index contributed by atoms with van der Waals surface area (Å²) < 4.78 is 0. The molecule has 0 radical (unpaired) electrons. The van der Waals surface area contributed by atoms with Crippen LogP contribution in [0, 0.1) is 11.8 Å². The van der Waals surface area contributed by atoms with E-state index in [9.17, 15) is 10.4 Å². The minimum atomic E-state index is 0.770. The van der Waals surface area contributed by atoms with Crippen molar-refractivity contribution < 1.29 is 10.4 Å². The van der Waals surface area contributed by atoms with Crippen molar-refractivity contribution in [2.24, 2.45) is 11.8 Å². The smallest absolute Gasteiger partial charge is 0.0240 e. The zero-order valence-electron chi connectivity index (χ0n) is 8.60. The van der Waals surface area contributed by atoms with Gasteiger partial charge in [0, 0.05) is 26.2 Å². The molecule has 14 heavy (non-hydrogen) atoms. The van der Waals surface area contributed by atoms with E-state index in [0.717, 1.165) is 63.7 Å². The van der Waals surface area contributed by atoms with E-state index in [-0.39, 0.29) is 0 Å². The summed E-state index contributed by atoms with van der Waals surface area (Å²) in [6.07, 6.45) is 4.47. The van der Waals surface area contributed by atoms with Gasteiger partial charge in [0.25, 0.3) is 0 Å². The first-order chi connectivity index (χ1) is 6.75. The van der Waals surface area contributed by atoms with E-state index in [1.807, 2.05) is 0 Å². The fourth-order valence-electron chi connectivity index (χ4n) is 2.71. The molecule has 0 bridgehead atoms. The summed E-state index contributed by atoms with van der Waals surface area (Å²) in [7, 11) is 0. The molecule has 4 nitrogen and oxygen atoms in total. The van der Waals surface area contributed by atoms with Crippen molar-refractivity contribution in [3.63, 3.8) is 0 Å². The molecule has 0 spiro atoms. The van der Waals surface area contributed by atoms with Crippen molar-refractivity contribution in [1.82, 2.24) is 10.1 Å². The molecule has 2 rings (SSSR count). The summed E-state index contributed by atoms with van der Waals surface area (Å²) in [5, 5.41) is 21.4. The molecule has 2 heterocycles. The van der Waals surface area contributed by atoms with Crippen molar-refractivity contribution in [3.05, 3.63) is 0 Å². The highest BCUT2D eigenvalue weighted by Crippen LogP contribution is 2.31. The Kier molecular flexibility index (Phi) is 3.38. The van der Waals surface area contributed by atoms with Gasteiger partial charge >= 0.3 is 0 Å². The highest BCUT2D eigenvalue weighted by atomic mass is 16.5. The number of piperidine rings is 2. The lowest BCUT2D eigenvalue weighted by Crippen LogP contribution is -2.38. The maximum absolute atomic E-state index is 9.25. The van der Waals surface area contributed by atoms with Crippen LogP contribution < -0.4 is 0 Å². The Morgan fingerprint density at radius 3 is 1.21 bits per heavy atom. The molecule has 0 atom stereocenters. The Morgan fingerprint density at radius 1 is 0.643 bits per heavy atom. The summed E-state index contributed by atoms with van der Waals surface area (Å²) >= 11 is 0. The predicted molar refractivity (Wildman–Crippen MR) is 52.2 cm³/mol. The normalized spacial score (nSPS) is 29.6. The van der Waals surface area contributed by atoms with Gasteiger partial charge in [-0.25, -0.2) is 0 Å². The first-order valence-corrected chi connectivity index (χ1v) is 5.63. The molecular formula is C10H20N2O2. The van der Waals surface area contributed by atoms with Crippen LogP contribution in [-0.4, -0.2) is 46.7 Å². The topological polar surface area (TPSA) is 46.9 Å². The van der Waals surface area contributed by atoms with Gasteiger partial charge in [-0.1, -0.05) is 0 Å². The van der Waals surface area contributed by atoms with Gasteiger partial charge in [-0.2, -0.15) is 10.1 Å². The quantitative estimate of drug-likeness (QED) is 0.667. The molecular weight excluding hydrogens is 180 g/mol. The number of rotatable bonds is 1. The summed E-state index contributed by atoms with van der Waals surface area (Å²) in [6, 6.07) is 0. The van der Waals surface area contributed by atoms with Gasteiger partial charge in [0.05, 0.1) is 0 Å². The SMILES string of the molecule is ON1CCC(C2CCN(O)CC2)CC1. The molecule has 4 heteroatoms. The zero-order valence-corrected chi connectivity index (χ0v) is 8.60. The van der Waals surface area contributed by atoms with Crippen LogP contribution in [0.25, 0.3) is 0 Å². The second-order valence-corrected chi connectivity index (χ2v) is 4.58. The lowest BCUT2D eigenvalue weighted by molar-refractivity contribution is -0.133. The second kappa shape index (κ2) is 4.57. The average Bonchev–Trinajstić information content (AvgIpc) is 2.21. The molecule has 2 fully saturated rings. The van der Waals surface area contributed by atoms with E-state index in [1.54, 1.807) is 0 Å². The fraction of sp³-hybridized carbons (Fsp3) is 1.00. The lowest BCUT2D eigenvalue weighted by atomic mass is 9.79. The molecule has 0 saturated carbocycles. The molecule has 2 saturated heterocycles. The standard InChI is InChI=1S/C10H20N2O2/c13-11-5-1-9(2-6-11)10-3-7-12(14)8-4-10/h9-10,13-14H,1-8H2. The van der Waals surface area contributed by atoms with E-state index in [0.29, 0.717) is 0 Å². The van der Waals surface area contributed by atoms with Gasteiger partial charge in [0.2, 0.25) is 0 Å². The Bertz CT molecular complexity index is 153. The van der Waals surface area contributed by atoms with Crippen LogP contribution in [-0.2, 0) is 0 Å². The van der Waals surface area contributed by atoms with E-state index in [4.69, 9.17) is 0 Å². The molecule has 0 unspecified atom stereocenters. The van der Waals surface area contributed by atoms with Crippen LogP contribution in [0.2, 0.25) is 0 Å². The van der Waals surface area contributed by atoms with Crippen LogP contribution in [0.1, 0.15) is 25.7 Å². The van der Waals surface area contributed by atoms with Crippen molar-refractivity contribution in [2.45, 2.75) is 25.7 Å². The van der Waals surface area contributed by atoms with Gasteiger partial charge < -0.3 is 10.4 Å². The molecule has 0 amide bonds. The molecule has 0 aromatic rings. The summed E-state index contributed by atoms with van der Waals surface area (Å²) in [5.74, 6) is 1.54.